The predicted molar refractivity (Wildman–Crippen MR) is 93.4 cm³/mol. The molecular formula is C16H24N2O5Si. The van der Waals surface area contributed by atoms with Crippen LogP contribution in [-0.4, -0.2) is 49.8 Å². The van der Waals surface area contributed by atoms with Crippen LogP contribution in [0.25, 0.3) is 10.9 Å². The third kappa shape index (κ3) is 3.88. The van der Waals surface area contributed by atoms with Crippen molar-refractivity contribution >= 4 is 24.9 Å². The largest absolute Gasteiger partial charge is 0.496 e. The third-order valence-corrected chi connectivity index (χ3v) is 5.37. The third-order valence-electron chi connectivity index (χ3n) is 3.66. The summed E-state index contributed by atoms with van der Waals surface area (Å²) < 4.78 is 17.0. The van der Waals surface area contributed by atoms with Gasteiger partial charge in [-0.3, -0.25) is 0 Å². The highest BCUT2D eigenvalue weighted by molar-refractivity contribution is 6.76. The number of ether oxygens (including phenoxy) is 3. The van der Waals surface area contributed by atoms with Crippen molar-refractivity contribution in [3.8, 4) is 11.6 Å². The molecule has 0 saturated heterocycles. The van der Waals surface area contributed by atoms with E-state index in [4.69, 9.17) is 14.2 Å². The van der Waals surface area contributed by atoms with Gasteiger partial charge in [-0.2, -0.15) is 5.10 Å². The van der Waals surface area contributed by atoms with Crippen LogP contribution in [0.2, 0.25) is 25.7 Å². The van der Waals surface area contributed by atoms with Crippen molar-refractivity contribution in [1.82, 2.24) is 9.78 Å². The Labute approximate surface area is 142 Å². The van der Waals surface area contributed by atoms with Crippen LogP contribution in [-0.2, 0) is 16.2 Å². The predicted octanol–water partition coefficient (Wildman–Crippen LogP) is 2.85. The van der Waals surface area contributed by atoms with Crippen molar-refractivity contribution in [3.63, 3.8) is 0 Å². The van der Waals surface area contributed by atoms with Gasteiger partial charge in [0.1, 0.15) is 23.4 Å². The molecule has 0 radical (unpaired) electrons. The molecule has 0 aliphatic carbocycles. The molecule has 1 heterocycles. The van der Waals surface area contributed by atoms with E-state index in [1.54, 1.807) is 12.1 Å². The minimum absolute atomic E-state index is 0.0967. The van der Waals surface area contributed by atoms with Crippen molar-refractivity contribution in [2.24, 2.45) is 0 Å². The topological polar surface area (TPSA) is 82.8 Å². The fourth-order valence-corrected chi connectivity index (χ4v) is 3.01. The number of esters is 1. The number of nitrogens with zero attached hydrogens (tertiary/aromatic N) is 2. The molecule has 0 bridgehead atoms. The molecule has 132 valence electrons. The van der Waals surface area contributed by atoms with Gasteiger partial charge < -0.3 is 19.3 Å². The number of carbonyl (C=O) groups is 1. The minimum Gasteiger partial charge on any atom is -0.496 e. The summed E-state index contributed by atoms with van der Waals surface area (Å²) in [5.41, 5.74) is 0.594. The summed E-state index contributed by atoms with van der Waals surface area (Å²) in [5, 5.41) is 15.1. The summed E-state index contributed by atoms with van der Waals surface area (Å²) in [6.45, 7) is 7.51. The van der Waals surface area contributed by atoms with Crippen LogP contribution < -0.4 is 4.74 Å². The van der Waals surface area contributed by atoms with Gasteiger partial charge in [0.2, 0.25) is 5.88 Å². The molecule has 0 saturated carbocycles. The van der Waals surface area contributed by atoms with E-state index >= 15 is 0 Å². The molecule has 0 aliphatic rings. The molecule has 1 aromatic heterocycles. The van der Waals surface area contributed by atoms with Crippen molar-refractivity contribution in [2.75, 3.05) is 20.8 Å². The van der Waals surface area contributed by atoms with Gasteiger partial charge in [-0.15, -0.1) is 0 Å². The lowest BCUT2D eigenvalue weighted by Gasteiger charge is -2.15. The van der Waals surface area contributed by atoms with E-state index in [0.29, 0.717) is 23.3 Å². The fraction of sp³-hybridized carbons (Fsp3) is 0.500. The van der Waals surface area contributed by atoms with Gasteiger partial charge in [0.05, 0.1) is 19.8 Å². The molecule has 0 unspecified atom stereocenters. The van der Waals surface area contributed by atoms with Gasteiger partial charge in [0.25, 0.3) is 0 Å². The monoisotopic (exact) mass is 352 g/mol. The van der Waals surface area contributed by atoms with Crippen molar-refractivity contribution < 1.29 is 24.1 Å². The first-order valence-corrected chi connectivity index (χ1v) is 11.4. The number of benzene rings is 1. The lowest BCUT2D eigenvalue weighted by atomic mass is 10.1. The number of rotatable bonds is 7. The van der Waals surface area contributed by atoms with Gasteiger partial charge >= 0.3 is 5.97 Å². The Morgan fingerprint density at radius 1 is 1.29 bits per heavy atom. The van der Waals surface area contributed by atoms with E-state index in [2.05, 4.69) is 24.7 Å². The normalized spacial score (nSPS) is 11.7. The molecule has 7 nitrogen and oxygen atoms in total. The van der Waals surface area contributed by atoms with Crippen LogP contribution in [0.5, 0.6) is 11.6 Å². The van der Waals surface area contributed by atoms with E-state index in [0.717, 1.165) is 6.04 Å². The van der Waals surface area contributed by atoms with Crippen LogP contribution in [0, 0.1) is 0 Å². The molecule has 0 spiro atoms. The summed E-state index contributed by atoms with van der Waals surface area (Å²) >= 11 is 0. The Morgan fingerprint density at radius 2 is 2.00 bits per heavy atom. The average molecular weight is 352 g/mol. The zero-order valence-electron chi connectivity index (χ0n) is 14.8. The highest BCUT2D eigenvalue weighted by atomic mass is 28.3. The van der Waals surface area contributed by atoms with Crippen molar-refractivity contribution in [1.29, 1.82) is 0 Å². The highest BCUT2D eigenvalue weighted by Gasteiger charge is 2.22. The number of fused-ring (bicyclic) bond motifs is 1. The Morgan fingerprint density at radius 3 is 2.58 bits per heavy atom. The van der Waals surface area contributed by atoms with Crippen LogP contribution in [0.1, 0.15) is 10.4 Å². The molecule has 1 aromatic carbocycles. The molecule has 0 fully saturated rings. The van der Waals surface area contributed by atoms with Crippen LogP contribution >= 0.6 is 0 Å². The zero-order chi connectivity index (χ0) is 17.9. The number of hydrogen-bond donors (Lipinski definition) is 1. The highest BCUT2D eigenvalue weighted by Crippen LogP contribution is 2.35. The van der Waals surface area contributed by atoms with Gasteiger partial charge in [-0.05, 0) is 18.2 Å². The van der Waals surface area contributed by atoms with Gasteiger partial charge in [0, 0.05) is 14.7 Å². The fourth-order valence-electron chi connectivity index (χ4n) is 2.25. The Bertz CT molecular complexity index is 736. The first-order chi connectivity index (χ1) is 11.3. The van der Waals surface area contributed by atoms with E-state index in [1.807, 2.05) is 0 Å². The summed E-state index contributed by atoms with van der Waals surface area (Å²) in [7, 11) is 1.61. The maximum absolute atomic E-state index is 11.9. The molecule has 0 atom stereocenters. The lowest BCUT2D eigenvalue weighted by molar-refractivity contribution is 0.0601. The van der Waals surface area contributed by atoms with E-state index < -0.39 is 14.0 Å². The van der Waals surface area contributed by atoms with Crippen LogP contribution in [0.15, 0.2) is 12.1 Å². The number of carbonyl (C=O) groups excluding carboxylic acids is 1. The second-order valence-corrected chi connectivity index (χ2v) is 12.3. The van der Waals surface area contributed by atoms with Crippen LogP contribution in [0.4, 0.5) is 0 Å². The quantitative estimate of drug-likeness (QED) is 0.469. The number of methoxy groups -OCH3 is 2. The van der Waals surface area contributed by atoms with Crippen molar-refractivity contribution in [3.05, 3.63) is 17.7 Å². The molecule has 0 aliphatic heterocycles. The standard InChI is InChI=1S/C16H24N2O5Si/c1-21-12-7-6-11(16(20)22-2)14-13(12)15(19)18(17-14)10-23-8-9-24(3,4)5/h6-7,19H,8-10H2,1-5H3. The van der Waals surface area contributed by atoms with E-state index in [-0.39, 0.29) is 18.2 Å². The molecule has 2 aromatic rings. The zero-order valence-corrected chi connectivity index (χ0v) is 15.8. The second kappa shape index (κ2) is 7.23. The van der Waals surface area contributed by atoms with Crippen LogP contribution in [0.3, 0.4) is 0 Å². The summed E-state index contributed by atoms with van der Waals surface area (Å²) in [6.07, 6.45) is 0. The van der Waals surface area contributed by atoms with Crippen molar-refractivity contribution in [2.45, 2.75) is 32.4 Å². The number of aromatic nitrogens is 2. The number of hydrogen-bond acceptors (Lipinski definition) is 6. The molecule has 0 amide bonds. The first kappa shape index (κ1) is 18.3. The van der Waals surface area contributed by atoms with E-state index in [1.165, 1.54) is 18.9 Å². The summed E-state index contributed by atoms with van der Waals surface area (Å²) in [6, 6.07) is 4.19. The minimum atomic E-state index is -1.18. The Kier molecular flexibility index (Phi) is 5.50. The smallest absolute Gasteiger partial charge is 0.340 e. The molecular weight excluding hydrogens is 328 g/mol. The maximum Gasteiger partial charge on any atom is 0.340 e. The first-order valence-electron chi connectivity index (χ1n) is 7.71. The number of aromatic hydroxyl groups is 1. The summed E-state index contributed by atoms with van der Waals surface area (Å²) in [4.78, 5) is 11.9. The Hall–Kier alpha value is -2.06. The second-order valence-electron chi connectivity index (χ2n) is 6.70. The van der Waals surface area contributed by atoms with Gasteiger partial charge in [0.15, 0.2) is 0 Å². The van der Waals surface area contributed by atoms with E-state index in [9.17, 15) is 9.90 Å². The molecule has 24 heavy (non-hydrogen) atoms. The van der Waals surface area contributed by atoms with Gasteiger partial charge in [-0.1, -0.05) is 19.6 Å². The lowest BCUT2D eigenvalue weighted by Crippen LogP contribution is -2.22. The molecule has 1 N–H and O–H groups in total. The van der Waals surface area contributed by atoms with Gasteiger partial charge in [-0.25, -0.2) is 9.48 Å². The maximum atomic E-state index is 11.9. The summed E-state index contributed by atoms with van der Waals surface area (Å²) in [5.74, 6) is -0.184. The SMILES string of the molecule is COC(=O)c1ccc(OC)c2c(O)n(COCC[Si](C)(C)C)nc12. The molecule has 8 heteroatoms. The Balaban J connectivity index is 2.32. The molecule has 2 rings (SSSR count). The average Bonchev–Trinajstić information content (AvgIpc) is 2.86.